The van der Waals surface area contributed by atoms with Crippen LogP contribution in [0, 0.1) is 28.8 Å². The van der Waals surface area contributed by atoms with E-state index in [1.807, 2.05) is 19.9 Å². The first kappa shape index (κ1) is 15.3. The van der Waals surface area contributed by atoms with Gasteiger partial charge in [-0.3, -0.25) is 0 Å². The van der Waals surface area contributed by atoms with Gasteiger partial charge in [0.05, 0.1) is 11.6 Å². The van der Waals surface area contributed by atoms with Crippen molar-refractivity contribution < 1.29 is 13.2 Å². The Morgan fingerprint density at radius 1 is 1.05 bits per heavy atom. The molecule has 102 valence electrons. The molecule has 0 atom stereocenters. The van der Waals surface area contributed by atoms with Gasteiger partial charge in [-0.15, -0.1) is 0 Å². The lowest BCUT2D eigenvalue weighted by atomic mass is 9.93. The van der Waals surface area contributed by atoms with Crippen molar-refractivity contribution in [2.45, 2.75) is 39.5 Å². The lowest BCUT2D eigenvalue weighted by Crippen LogP contribution is -2.00. The van der Waals surface area contributed by atoms with Crippen LogP contribution < -0.4 is 0 Å². The van der Waals surface area contributed by atoms with E-state index in [1.165, 1.54) is 0 Å². The highest BCUT2D eigenvalue weighted by atomic mass is 19.1. The van der Waals surface area contributed by atoms with Gasteiger partial charge in [0.25, 0.3) is 0 Å². The standard InChI is InChI=1S/C15H16F3N/c1-3-5-10(9-19)12(6-4-2)15-13(17)7-11(16)8-14(15)18/h7-8H,3-6H2,1-2H3/b12-10-. The number of benzene rings is 1. The molecule has 1 nitrogen and oxygen atoms in total. The minimum Gasteiger partial charge on any atom is -0.207 e. The summed E-state index contributed by atoms with van der Waals surface area (Å²) in [7, 11) is 0. The highest BCUT2D eigenvalue weighted by molar-refractivity contribution is 5.72. The fourth-order valence-electron chi connectivity index (χ4n) is 2.03. The van der Waals surface area contributed by atoms with E-state index < -0.39 is 17.5 Å². The van der Waals surface area contributed by atoms with E-state index in [4.69, 9.17) is 5.26 Å². The minimum absolute atomic E-state index is 0.270. The Labute approximate surface area is 111 Å². The highest BCUT2D eigenvalue weighted by Gasteiger charge is 2.18. The first-order chi connectivity index (χ1) is 9.04. The molecule has 0 spiro atoms. The van der Waals surface area contributed by atoms with Crippen molar-refractivity contribution in [1.82, 2.24) is 0 Å². The second kappa shape index (κ2) is 6.98. The molecule has 0 saturated carbocycles. The molecule has 0 aliphatic carbocycles. The zero-order valence-corrected chi connectivity index (χ0v) is 11.1. The molecule has 0 unspecified atom stereocenters. The fraction of sp³-hybridized carbons (Fsp3) is 0.400. The van der Waals surface area contributed by atoms with Crippen LogP contribution in [0.5, 0.6) is 0 Å². The molecule has 4 heteroatoms. The third kappa shape index (κ3) is 3.60. The van der Waals surface area contributed by atoms with E-state index in [2.05, 4.69) is 0 Å². The lowest BCUT2D eigenvalue weighted by molar-refractivity contribution is 0.537. The molecule has 0 bridgehead atoms. The van der Waals surface area contributed by atoms with E-state index in [9.17, 15) is 13.2 Å². The topological polar surface area (TPSA) is 23.8 Å². The molecule has 0 saturated heterocycles. The second-order valence-electron chi connectivity index (χ2n) is 4.31. The summed E-state index contributed by atoms with van der Waals surface area (Å²) in [5.41, 5.74) is 0.448. The van der Waals surface area contributed by atoms with Crippen molar-refractivity contribution in [3.05, 3.63) is 40.7 Å². The average Bonchev–Trinajstić information content (AvgIpc) is 2.34. The predicted octanol–water partition coefficient (Wildman–Crippen LogP) is 4.98. The van der Waals surface area contributed by atoms with Crippen LogP contribution in [0.2, 0.25) is 0 Å². The van der Waals surface area contributed by atoms with Gasteiger partial charge in [0.15, 0.2) is 0 Å². The Bertz CT molecular complexity index is 504. The Hall–Kier alpha value is -1.76. The highest BCUT2D eigenvalue weighted by Crippen LogP contribution is 2.30. The van der Waals surface area contributed by atoms with E-state index >= 15 is 0 Å². The lowest BCUT2D eigenvalue weighted by Gasteiger charge is -2.12. The Kier molecular flexibility index (Phi) is 5.62. The number of hydrogen-bond acceptors (Lipinski definition) is 1. The summed E-state index contributed by atoms with van der Waals surface area (Å²) in [4.78, 5) is 0. The second-order valence-corrected chi connectivity index (χ2v) is 4.31. The van der Waals surface area contributed by atoms with Gasteiger partial charge in [-0.2, -0.15) is 5.26 Å². The van der Waals surface area contributed by atoms with Gasteiger partial charge in [-0.25, -0.2) is 13.2 Å². The molecule has 0 fully saturated rings. The molecule has 0 amide bonds. The van der Waals surface area contributed by atoms with Gasteiger partial charge in [-0.1, -0.05) is 26.7 Å². The number of hydrogen-bond donors (Lipinski definition) is 0. The van der Waals surface area contributed by atoms with Gasteiger partial charge >= 0.3 is 0 Å². The quantitative estimate of drug-likeness (QED) is 0.690. The number of nitriles is 1. The molecule has 0 aromatic heterocycles. The zero-order valence-electron chi connectivity index (χ0n) is 11.1. The molecule has 1 aromatic carbocycles. The molecule has 0 N–H and O–H groups in total. The Balaban J connectivity index is 3.47. The summed E-state index contributed by atoms with van der Waals surface area (Å²) >= 11 is 0. The van der Waals surface area contributed by atoms with Crippen molar-refractivity contribution >= 4 is 5.57 Å². The van der Waals surface area contributed by atoms with Crippen molar-refractivity contribution in [1.29, 1.82) is 5.26 Å². The third-order valence-electron chi connectivity index (χ3n) is 2.81. The summed E-state index contributed by atoms with van der Waals surface area (Å²) < 4.78 is 40.5. The van der Waals surface area contributed by atoms with Crippen molar-refractivity contribution in [2.75, 3.05) is 0 Å². The van der Waals surface area contributed by atoms with Crippen LogP contribution in [-0.4, -0.2) is 0 Å². The van der Waals surface area contributed by atoms with E-state index in [1.54, 1.807) is 0 Å². The van der Waals surface area contributed by atoms with Gasteiger partial charge in [0, 0.05) is 17.7 Å². The molecular formula is C15H16F3N. The number of allylic oxidation sites excluding steroid dienone is 2. The van der Waals surface area contributed by atoms with Crippen molar-refractivity contribution in [2.24, 2.45) is 0 Å². The van der Waals surface area contributed by atoms with Gasteiger partial charge in [0.2, 0.25) is 0 Å². The van der Waals surface area contributed by atoms with Crippen LogP contribution in [0.3, 0.4) is 0 Å². The molecule has 0 radical (unpaired) electrons. The third-order valence-corrected chi connectivity index (χ3v) is 2.81. The molecule has 19 heavy (non-hydrogen) atoms. The maximum Gasteiger partial charge on any atom is 0.136 e. The maximum atomic E-state index is 13.8. The van der Waals surface area contributed by atoms with E-state index in [0.717, 1.165) is 0 Å². The predicted molar refractivity (Wildman–Crippen MR) is 68.7 cm³/mol. The summed E-state index contributed by atoms with van der Waals surface area (Å²) in [6, 6.07) is 3.30. The average molecular weight is 267 g/mol. The van der Waals surface area contributed by atoms with Gasteiger partial charge < -0.3 is 0 Å². The molecule has 0 aliphatic rings. The summed E-state index contributed by atoms with van der Waals surface area (Å²) in [6.07, 6.45) is 2.21. The van der Waals surface area contributed by atoms with Gasteiger partial charge in [0.1, 0.15) is 17.5 Å². The normalized spacial score (nSPS) is 12.0. The minimum atomic E-state index is -0.955. The summed E-state index contributed by atoms with van der Waals surface area (Å²) in [6.45, 7) is 3.75. The molecular weight excluding hydrogens is 251 g/mol. The number of halogens is 3. The molecule has 1 aromatic rings. The largest absolute Gasteiger partial charge is 0.207 e. The first-order valence-electron chi connectivity index (χ1n) is 6.32. The maximum absolute atomic E-state index is 13.8. The monoisotopic (exact) mass is 267 g/mol. The smallest absolute Gasteiger partial charge is 0.136 e. The van der Waals surface area contributed by atoms with Crippen LogP contribution >= 0.6 is 0 Å². The summed E-state index contributed by atoms with van der Waals surface area (Å²) in [5, 5.41) is 9.13. The summed E-state index contributed by atoms with van der Waals surface area (Å²) in [5.74, 6) is -2.86. The SMILES string of the molecule is CCC/C(C#N)=C(\CCC)c1c(F)cc(F)cc1F. The van der Waals surface area contributed by atoms with Crippen LogP contribution in [-0.2, 0) is 0 Å². The first-order valence-corrected chi connectivity index (χ1v) is 6.32. The van der Waals surface area contributed by atoms with Crippen molar-refractivity contribution in [3.63, 3.8) is 0 Å². The molecule has 1 rings (SSSR count). The van der Waals surface area contributed by atoms with Crippen LogP contribution in [0.1, 0.15) is 45.1 Å². The van der Waals surface area contributed by atoms with Crippen LogP contribution in [0.4, 0.5) is 13.2 Å². The number of rotatable bonds is 5. The van der Waals surface area contributed by atoms with Crippen LogP contribution in [0.15, 0.2) is 17.7 Å². The molecule has 0 heterocycles. The Morgan fingerprint density at radius 2 is 1.58 bits per heavy atom. The Morgan fingerprint density at radius 3 is 2.00 bits per heavy atom. The van der Waals surface area contributed by atoms with Gasteiger partial charge in [-0.05, 0) is 18.4 Å². The fourth-order valence-corrected chi connectivity index (χ4v) is 2.03. The van der Waals surface area contributed by atoms with Crippen LogP contribution in [0.25, 0.3) is 5.57 Å². The van der Waals surface area contributed by atoms with E-state index in [0.29, 0.717) is 49.0 Å². The number of nitrogens with zero attached hydrogens (tertiary/aromatic N) is 1. The zero-order chi connectivity index (χ0) is 14.4. The molecule has 0 aliphatic heterocycles. The van der Waals surface area contributed by atoms with E-state index in [-0.39, 0.29) is 5.56 Å². The van der Waals surface area contributed by atoms with Crippen molar-refractivity contribution in [3.8, 4) is 6.07 Å².